The van der Waals surface area contributed by atoms with Gasteiger partial charge in [0.2, 0.25) is 11.8 Å². The molecule has 0 saturated carbocycles. The number of hydrogen-bond donors (Lipinski definition) is 1. The van der Waals surface area contributed by atoms with Crippen LogP contribution in [0.2, 0.25) is 0 Å². The van der Waals surface area contributed by atoms with Crippen LogP contribution in [0.1, 0.15) is 23.1 Å². The molecule has 0 saturated heterocycles. The van der Waals surface area contributed by atoms with E-state index in [2.05, 4.69) is 26.0 Å². The summed E-state index contributed by atoms with van der Waals surface area (Å²) in [7, 11) is 0. The van der Waals surface area contributed by atoms with Gasteiger partial charge in [-0.15, -0.1) is 5.10 Å². The van der Waals surface area contributed by atoms with Crippen molar-refractivity contribution in [2.45, 2.75) is 6.10 Å². The van der Waals surface area contributed by atoms with Gasteiger partial charge in [0, 0.05) is 29.6 Å². The zero-order valence-electron chi connectivity index (χ0n) is 19.9. The first-order chi connectivity index (χ1) is 18.7. The molecule has 4 heterocycles. The van der Waals surface area contributed by atoms with Crippen molar-refractivity contribution < 1.29 is 4.74 Å². The van der Waals surface area contributed by atoms with E-state index in [0.29, 0.717) is 45.4 Å². The highest BCUT2D eigenvalue weighted by Gasteiger charge is 2.26. The summed E-state index contributed by atoms with van der Waals surface area (Å²) in [5.41, 5.74) is 10.6. The molecule has 10 heteroatoms. The van der Waals surface area contributed by atoms with E-state index in [1.165, 1.54) is 10.8 Å². The molecule has 6 rings (SSSR count). The van der Waals surface area contributed by atoms with Crippen LogP contribution in [-0.4, -0.2) is 34.5 Å². The van der Waals surface area contributed by atoms with E-state index in [0.717, 1.165) is 5.56 Å². The smallest absolute Gasteiger partial charge is 0.223 e. The van der Waals surface area contributed by atoms with Crippen molar-refractivity contribution >= 4 is 11.6 Å². The van der Waals surface area contributed by atoms with Crippen LogP contribution in [0.25, 0.3) is 28.2 Å². The zero-order valence-corrected chi connectivity index (χ0v) is 19.9. The molecule has 182 valence electrons. The molecule has 4 aromatic heterocycles. The molecular formula is C28H19N9O. The number of rotatable bonds is 6. The first-order valence-corrected chi connectivity index (χ1v) is 11.7. The van der Waals surface area contributed by atoms with Crippen LogP contribution in [-0.2, 0) is 0 Å². The second-order valence-corrected chi connectivity index (χ2v) is 8.26. The molecule has 0 fully saturated rings. The van der Waals surface area contributed by atoms with Crippen molar-refractivity contribution in [3.05, 3.63) is 115 Å². The molecule has 0 bridgehead atoms. The van der Waals surface area contributed by atoms with Crippen LogP contribution < -0.4 is 10.5 Å². The number of fused-ring (bicyclic) bond motifs is 1. The highest BCUT2D eigenvalue weighted by atomic mass is 16.5. The van der Waals surface area contributed by atoms with Crippen LogP contribution in [0.5, 0.6) is 5.88 Å². The van der Waals surface area contributed by atoms with Crippen molar-refractivity contribution in [2.24, 2.45) is 0 Å². The summed E-state index contributed by atoms with van der Waals surface area (Å²) < 4.78 is 7.75. The fourth-order valence-corrected chi connectivity index (χ4v) is 4.14. The monoisotopic (exact) mass is 497 g/mol. The molecule has 1 unspecified atom stereocenters. The summed E-state index contributed by atoms with van der Waals surface area (Å²) in [5, 5.41) is 14.2. The summed E-state index contributed by atoms with van der Waals surface area (Å²) in [6.45, 7) is 0. The normalized spacial score (nSPS) is 11.7. The van der Waals surface area contributed by atoms with Gasteiger partial charge in [0.05, 0.1) is 28.6 Å². The first-order valence-electron chi connectivity index (χ1n) is 11.7. The molecule has 2 N–H and O–H groups in total. The average Bonchev–Trinajstić information content (AvgIpc) is 3.43. The number of ether oxygens (including phenoxy) is 1. The molecule has 6 aromatic rings. The Bertz CT molecular complexity index is 1770. The third kappa shape index (κ3) is 4.25. The summed E-state index contributed by atoms with van der Waals surface area (Å²) in [6.07, 6.45) is 4.07. The Hall–Kier alpha value is -5.69. The van der Waals surface area contributed by atoms with Crippen LogP contribution in [0.3, 0.4) is 0 Å². The molecule has 10 nitrogen and oxygen atoms in total. The quantitative estimate of drug-likeness (QED) is 0.357. The van der Waals surface area contributed by atoms with E-state index in [-0.39, 0.29) is 5.95 Å². The Morgan fingerprint density at radius 1 is 0.895 bits per heavy atom. The molecule has 0 aliphatic carbocycles. The topological polar surface area (TPSA) is 141 Å². The number of aromatic nitrogens is 7. The van der Waals surface area contributed by atoms with Gasteiger partial charge in [-0.2, -0.15) is 9.78 Å². The lowest BCUT2D eigenvalue weighted by atomic mass is 10.0. The Labute approximate surface area is 217 Å². The van der Waals surface area contributed by atoms with Crippen molar-refractivity contribution in [1.82, 2.24) is 34.5 Å². The Morgan fingerprint density at radius 2 is 1.76 bits per heavy atom. The van der Waals surface area contributed by atoms with Gasteiger partial charge in [-0.25, -0.2) is 24.9 Å². The lowest BCUT2D eigenvalue weighted by Crippen LogP contribution is -2.12. The molecule has 0 aliphatic heterocycles. The molecule has 0 amide bonds. The molecule has 0 aliphatic rings. The molecular weight excluding hydrogens is 478 g/mol. The van der Waals surface area contributed by atoms with E-state index in [1.807, 2.05) is 48.5 Å². The van der Waals surface area contributed by atoms with Crippen LogP contribution in [0, 0.1) is 11.3 Å². The molecule has 2 aromatic carbocycles. The Kier molecular flexibility index (Phi) is 5.84. The zero-order chi connectivity index (χ0) is 25.9. The third-order valence-electron chi connectivity index (χ3n) is 5.84. The van der Waals surface area contributed by atoms with Crippen LogP contribution in [0.15, 0.2) is 97.6 Å². The minimum Gasteiger partial charge on any atom is -0.461 e. The number of nitrogens with zero attached hydrogens (tertiary/aromatic N) is 8. The van der Waals surface area contributed by atoms with Gasteiger partial charge in [0.1, 0.15) is 6.33 Å². The van der Waals surface area contributed by atoms with Crippen molar-refractivity contribution in [1.29, 1.82) is 5.26 Å². The lowest BCUT2D eigenvalue weighted by molar-refractivity contribution is 0.227. The maximum absolute atomic E-state index is 9.45. The lowest BCUT2D eigenvalue weighted by Gasteiger charge is -2.15. The molecule has 1 atom stereocenters. The average molecular weight is 498 g/mol. The predicted molar refractivity (Wildman–Crippen MR) is 140 cm³/mol. The minimum atomic E-state index is -0.672. The number of benzene rings is 2. The van der Waals surface area contributed by atoms with Crippen LogP contribution >= 0.6 is 0 Å². The second-order valence-electron chi connectivity index (χ2n) is 8.26. The maximum Gasteiger partial charge on any atom is 0.223 e. The predicted octanol–water partition coefficient (Wildman–Crippen LogP) is 4.27. The second kappa shape index (κ2) is 9.75. The summed E-state index contributed by atoms with van der Waals surface area (Å²) in [6, 6.07) is 26.1. The van der Waals surface area contributed by atoms with E-state index >= 15 is 0 Å². The van der Waals surface area contributed by atoms with Crippen molar-refractivity contribution in [3.8, 4) is 34.5 Å². The maximum atomic E-state index is 9.45. The summed E-state index contributed by atoms with van der Waals surface area (Å²) >= 11 is 0. The van der Waals surface area contributed by atoms with Gasteiger partial charge >= 0.3 is 0 Å². The van der Waals surface area contributed by atoms with E-state index in [4.69, 9.17) is 20.6 Å². The Morgan fingerprint density at radius 3 is 2.53 bits per heavy atom. The third-order valence-corrected chi connectivity index (χ3v) is 5.84. The highest BCUT2D eigenvalue weighted by Crippen LogP contribution is 2.35. The van der Waals surface area contributed by atoms with Gasteiger partial charge in [-0.3, -0.25) is 0 Å². The fourth-order valence-electron chi connectivity index (χ4n) is 4.14. The molecule has 38 heavy (non-hydrogen) atoms. The van der Waals surface area contributed by atoms with E-state index in [1.54, 1.807) is 42.7 Å². The van der Waals surface area contributed by atoms with Crippen molar-refractivity contribution in [2.75, 3.05) is 5.73 Å². The van der Waals surface area contributed by atoms with Gasteiger partial charge in [0.25, 0.3) is 0 Å². The van der Waals surface area contributed by atoms with Gasteiger partial charge in [0.15, 0.2) is 17.6 Å². The number of hydrogen-bond acceptors (Lipinski definition) is 9. The summed E-state index contributed by atoms with van der Waals surface area (Å²) in [4.78, 5) is 22.4. The SMILES string of the molecule is N#Cc1cccc(-c2nc(N)n3nc(C(Oc4ccccn4)c4ccccc4)nc3c2-c2ccncn2)c1. The van der Waals surface area contributed by atoms with E-state index in [9.17, 15) is 5.26 Å². The Balaban J connectivity index is 1.59. The minimum absolute atomic E-state index is 0.124. The fraction of sp³-hybridized carbons (Fsp3) is 0.0357. The first kappa shape index (κ1) is 22.8. The largest absolute Gasteiger partial charge is 0.461 e. The summed E-state index contributed by atoms with van der Waals surface area (Å²) in [5.74, 6) is 0.920. The van der Waals surface area contributed by atoms with Crippen LogP contribution in [0.4, 0.5) is 5.95 Å². The standard InChI is InChI=1S/C28H19N9O/c29-16-18-7-6-10-20(15-18)24-23(21-12-14-31-17-33-21)27-35-26(36-37(27)28(30)34-24)25(19-8-2-1-3-9-19)38-22-11-4-5-13-32-22/h1-15,17,25H,(H2,30,34). The number of anilines is 1. The number of pyridine rings is 1. The number of nitrogen functional groups attached to an aromatic ring is 1. The number of nitrogens with two attached hydrogens (primary N) is 1. The van der Waals surface area contributed by atoms with Gasteiger partial charge in [-0.05, 0) is 24.3 Å². The van der Waals surface area contributed by atoms with Gasteiger partial charge < -0.3 is 10.5 Å². The number of nitriles is 1. The molecule has 0 spiro atoms. The molecule has 0 radical (unpaired) electrons. The van der Waals surface area contributed by atoms with Gasteiger partial charge in [-0.1, -0.05) is 48.5 Å². The highest BCUT2D eigenvalue weighted by molar-refractivity contribution is 5.89. The van der Waals surface area contributed by atoms with E-state index < -0.39 is 6.10 Å². The van der Waals surface area contributed by atoms with Crippen molar-refractivity contribution in [3.63, 3.8) is 0 Å².